The normalized spacial score (nSPS) is 22.7. The molecule has 4 aromatic rings. The third-order valence-corrected chi connectivity index (χ3v) is 6.96. The van der Waals surface area contributed by atoms with Gasteiger partial charge in [0.05, 0.1) is 26.4 Å². The number of ketones is 1. The minimum atomic E-state index is -1.44. The van der Waals surface area contributed by atoms with Crippen molar-refractivity contribution in [1.82, 2.24) is 0 Å². The van der Waals surface area contributed by atoms with Gasteiger partial charge >= 0.3 is 0 Å². The molecule has 1 aliphatic rings. The van der Waals surface area contributed by atoms with Crippen molar-refractivity contribution in [3.05, 3.63) is 144 Å². The van der Waals surface area contributed by atoms with Gasteiger partial charge in [-0.25, -0.2) is 0 Å². The highest BCUT2D eigenvalue weighted by molar-refractivity contribution is 5.89. The lowest BCUT2D eigenvalue weighted by Crippen LogP contribution is -2.64. The molecule has 1 fully saturated rings. The van der Waals surface area contributed by atoms with Crippen molar-refractivity contribution in [1.29, 1.82) is 0 Å². The summed E-state index contributed by atoms with van der Waals surface area (Å²) in [6, 6.07) is 38.7. The Labute approximate surface area is 235 Å². The maximum absolute atomic E-state index is 13.6. The Morgan fingerprint density at radius 2 is 0.775 bits per heavy atom. The largest absolute Gasteiger partial charge is 0.382 e. The van der Waals surface area contributed by atoms with Crippen LogP contribution in [-0.4, -0.2) is 41.4 Å². The van der Waals surface area contributed by atoms with E-state index in [2.05, 4.69) is 0 Å². The second kappa shape index (κ2) is 14.1. The van der Waals surface area contributed by atoms with Crippen LogP contribution < -0.4 is 0 Å². The number of benzene rings is 4. The number of rotatable bonds is 12. The van der Waals surface area contributed by atoms with Gasteiger partial charge in [0.15, 0.2) is 5.78 Å². The van der Waals surface area contributed by atoms with Crippen LogP contribution in [0.1, 0.15) is 22.3 Å². The first-order chi connectivity index (χ1) is 19.7. The number of aliphatic hydroxyl groups is 1. The molecule has 4 unspecified atom stereocenters. The number of ether oxygens (including phenoxy) is 4. The van der Waals surface area contributed by atoms with Crippen molar-refractivity contribution in [2.24, 2.45) is 0 Å². The highest BCUT2D eigenvalue weighted by Gasteiger charge is 2.52. The Morgan fingerprint density at radius 1 is 0.450 bits per heavy atom. The molecule has 6 heteroatoms. The van der Waals surface area contributed by atoms with Gasteiger partial charge in [0.25, 0.3) is 0 Å². The molecule has 0 bridgehead atoms. The molecular formula is C34H34O6. The van der Waals surface area contributed by atoms with Crippen LogP contribution in [0.25, 0.3) is 0 Å². The van der Waals surface area contributed by atoms with E-state index >= 15 is 0 Å². The number of hydrogen-bond donors (Lipinski definition) is 1. The third kappa shape index (κ3) is 7.30. The van der Waals surface area contributed by atoms with Crippen molar-refractivity contribution in [2.75, 3.05) is 0 Å². The van der Waals surface area contributed by atoms with Crippen molar-refractivity contribution >= 4 is 5.78 Å². The Morgan fingerprint density at radius 3 is 1.18 bits per heavy atom. The third-order valence-electron chi connectivity index (χ3n) is 6.96. The molecule has 0 saturated heterocycles. The highest BCUT2D eigenvalue weighted by Crippen LogP contribution is 2.30. The number of aliphatic hydroxyl groups excluding tert-OH is 1. The van der Waals surface area contributed by atoms with Crippen LogP contribution in [0.3, 0.4) is 0 Å². The average molecular weight is 539 g/mol. The van der Waals surface area contributed by atoms with Gasteiger partial charge < -0.3 is 24.1 Å². The predicted molar refractivity (Wildman–Crippen MR) is 151 cm³/mol. The van der Waals surface area contributed by atoms with Crippen LogP contribution >= 0.6 is 0 Å². The van der Waals surface area contributed by atoms with Gasteiger partial charge in [-0.3, -0.25) is 4.79 Å². The van der Waals surface area contributed by atoms with E-state index < -0.39 is 36.3 Å². The quantitative estimate of drug-likeness (QED) is 0.265. The molecule has 5 rings (SSSR count). The maximum Gasteiger partial charge on any atom is 0.195 e. The zero-order valence-corrected chi connectivity index (χ0v) is 22.3. The monoisotopic (exact) mass is 538 g/mol. The first kappa shape index (κ1) is 27.9. The predicted octanol–water partition coefficient (Wildman–Crippen LogP) is 5.27. The molecule has 0 aromatic heterocycles. The highest BCUT2D eigenvalue weighted by atomic mass is 16.6. The molecule has 1 aliphatic carbocycles. The van der Waals surface area contributed by atoms with Crippen LogP contribution in [0.2, 0.25) is 0 Å². The molecule has 40 heavy (non-hydrogen) atoms. The van der Waals surface area contributed by atoms with E-state index in [0.29, 0.717) is 0 Å². The lowest BCUT2D eigenvalue weighted by molar-refractivity contribution is -0.231. The van der Waals surface area contributed by atoms with Crippen molar-refractivity contribution in [3.8, 4) is 0 Å². The van der Waals surface area contributed by atoms with Gasteiger partial charge in [0.1, 0.15) is 30.5 Å². The molecule has 206 valence electrons. The fraction of sp³-hybridized carbons (Fsp3) is 0.265. The minimum absolute atomic E-state index is 0.191. The van der Waals surface area contributed by atoms with Gasteiger partial charge in [-0.05, 0) is 22.3 Å². The number of hydrogen-bond acceptors (Lipinski definition) is 6. The zero-order valence-electron chi connectivity index (χ0n) is 22.3. The van der Waals surface area contributed by atoms with E-state index in [4.69, 9.17) is 18.9 Å². The molecule has 5 atom stereocenters. The van der Waals surface area contributed by atoms with Gasteiger partial charge in [-0.2, -0.15) is 0 Å². The van der Waals surface area contributed by atoms with E-state index in [0.717, 1.165) is 22.3 Å². The molecule has 0 spiro atoms. The lowest BCUT2D eigenvalue weighted by Gasteiger charge is -2.43. The van der Waals surface area contributed by atoms with Crippen molar-refractivity contribution in [2.45, 2.75) is 56.9 Å². The number of Topliss-reactive ketones (excluding diaryl/α,β-unsaturated/α-hetero) is 1. The van der Waals surface area contributed by atoms with Crippen molar-refractivity contribution < 1.29 is 28.8 Å². The van der Waals surface area contributed by atoms with Crippen molar-refractivity contribution in [3.63, 3.8) is 0 Å². The summed E-state index contributed by atoms with van der Waals surface area (Å²) in [5.41, 5.74) is 3.75. The standard InChI is InChI=1S/C34H34O6/c35-29-30(36)32(38-22-26-15-7-2-8-16-26)34(40-24-28-19-11-4-12-20-28)33(39-23-27-17-9-3-10-18-27)31(29)37-21-25-13-5-1-6-14-25/h1-20,29,31-35H,21-24H2/t29?,31?,32?,33-,34?/m1/s1. The summed E-state index contributed by atoms with van der Waals surface area (Å²) in [4.78, 5) is 13.6. The molecule has 0 radical (unpaired) electrons. The smallest absolute Gasteiger partial charge is 0.195 e. The SMILES string of the molecule is O=C1C(O)C(OCc2ccccc2)[C@@H](OCc2ccccc2)C(OCc2ccccc2)C1OCc1ccccc1. The summed E-state index contributed by atoms with van der Waals surface area (Å²) < 4.78 is 25.2. The summed E-state index contributed by atoms with van der Waals surface area (Å²) in [7, 11) is 0. The Bertz CT molecular complexity index is 1300. The molecule has 0 aliphatic heterocycles. The Hall–Kier alpha value is -3.65. The summed E-state index contributed by atoms with van der Waals surface area (Å²) >= 11 is 0. The molecule has 6 nitrogen and oxygen atoms in total. The number of carbonyl (C=O) groups excluding carboxylic acids is 1. The molecule has 0 amide bonds. The van der Waals surface area contributed by atoms with Gasteiger partial charge in [-0.15, -0.1) is 0 Å². The topological polar surface area (TPSA) is 74.2 Å². The summed E-state index contributed by atoms with van der Waals surface area (Å²) in [6.07, 6.45) is -5.03. The second-order valence-electron chi connectivity index (χ2n) is 9.85. The Balaban J connectivity index is 1.43. The fourth-order valence-corrected chi connectivity index (χ4v) is 4.83. The van der Waals surface area contributed by atoms with Crippen LogP contribution in [-0.2, 0) is 50.2 Å². The summed E-state index contributed by atoms with van der Waals surface area (Å²) in [6.45, 7) is 0.906. The molecule has 4 aromatic carbocycles. The van der Waals surface area contributed by atoms with Crippen LogP contribution in [0.5, 0.6) is 0 Å². The zero-order chi connectivity index (χ0) is 27.6. The minimum Gasteiger partial charge on any atom is -0.382 e. The van der Waals surface area contributed by atoms with Crippen LogP contribution in [0, 0.1) is 0 Å². The first-order valence-corrected chi connectivity index (χ1v) is 13.5. The lowest BCUT2D eigenvalue weighted by atomic mass is 9.85. The van der Waals surface area contributed by atoms with Gasteiger partial charge in [-0.1, -0.05) is 121 Å². The number of carbonyl (C=O) groups is 1. The fourth-order valence-electron chi connectivity index (χ4n) is 4.83. The van der Waals surface area contributed by atoms with Crippen LogP contribution in [0.4, 0.5) is 0 Å². The van der Waals surface area contributed by atoms with Gasteiger partial charge in [0, 0.05) is 0 Å². The van der Waals surface area contributed by atoms with E-state index in [9.17, 15) is 9.90 Å². The second-order valence-corrected chi connectivity index (χ2v) is 9.85. The average Bonchev–Trinajstić information content (AvgIpc) is 3.01. The summed E-state index contributed by atoms with van der Waals surface area (Å²) in [5, 5.41) is 11.3. The summed E-state index contributed by atoms with van der Waals surface area (Å²) in [5.74, 6) is -0.480. The van der Waals surface area contributed by atoms with Gasteiger partial charge in [0.2, 0.25) is 0 Å². The van der Waals surface area contributed by atoms with Crippen LogP contribution in [0.15, 0.2) is 121 Å². The Kier molecular flexibility index (Phi) is 9.85. The van der Waals surface area contributed by atoms with E-state index in [1.54, 1.807) is 0 Å². The molecular weight excluding hydrogens is 504 g/mol. The van der Waals surface area contributed by atoms with E-state index in [-0.39, 0.29) is 26.4 Å². The molecule has 1 saturated carbocycles. The molecule has 0 heterocycles. The van der Waals surface area contributed by atoms with E-state index in [1.807, 2.05) is 121 Å². The molecule has 1 N–H and O–H groups in total. The van der Waals surface area contributed by atoms with E-state index in [1.165, 1.54) is 0 Å². The maximum atomic E-state index is 13.6. The first-order valence-electron chi connectivity index (χ1n) is 13.5.